The number of methoxy groups -OCH3 is 2. The van der Waals surface area contributed by atoms with Crippen molar-refractivity contribution in [3.63, 3.8) is 0 Å². The molecule has 122 valence electrons. The fraction of sp³-hybridized carbons (Fsp3) is 0.500. The number of benzene rings is 1. The summed E-state index contributed by atoms with van der Waals surface area (Å²) in [7, 11) is 3.05. The zero-order valence-corrected chi connectivity index (χ0v) is 13.2. The summed E-state index contributed by atoms with van der Waals surface area (Å²) >= 11 is 0. The lowest BCUT2D eigenvalue weighted by Crippen LogP contribution is -2.33. The van der Waals surface area contributed by atoms with E-state index < -0.39 is 11.9 Å². The second-order valence-electron chi connectivity index (χ2n) is 4.95. The Morgan fingerprint density at radius 1 is 1.23 bits per heavy atom. The van der Waals surface area contributed by atoms with Crippen LogP contribution in [-0.2, 0) is 16.0 Å². The molecule has 2 N–H and O–H groups in total. The monoisotopic (exact) mass is 309 g/mol. The van der Waals surface area contributed by atoms with E-state index in [-0.39, 0.29) is 18.9 Å². The molecule has 0 aliphatic rings. The van der Waals surface area contributed by atoms with Crippen LogP contribution in [-0.4, -0.2) is 37.7 Å². The molecular formula is C16H23NO5. The van der Waals surface area contributed by atoms with Gasteiger partial charge in [-0.3, -0.25) is 9.59 Å². The molecule has 1 aromatic carbocycles. The summed E-state index contributed by atoms with van der Waals surface area (Å²) in [6, 6.07) is 5.28. The number of carbonyl (C=O) groups excluding carboxylic acids is 1. The van der Waals surface area contributed by atoms with Crippen LogP contribution in [0.15, 0.2) is 18.2 Å². The highest BCUT2D eigenvalue weighted by molar-refractivity contribution is 5.81. The Bertz CT molecular complexity index is 493. The van der Waals surface area contributed by atoms with Crippen LogP contribution in [0.4, 0.5) is 0 Å². The molecular weight excluding hydrogens is 286 g/mol. The van der Waals surface area contributed by atoms with Crippen LogP contribution in [0.5, 0.6) is 11.5 Å². The number of amides is 1. The molecule has 1 unspecified atom stereocenters. The van der Waals surface area contributed by atoms with Crippen molar-refractivity contribution < 1.29 is 24.2 Å². The van der Waals surface area contributed by atoms with Crippen molar-refractivity contribution in [3.05, 3.63) is 23.8 Å². The lowest BCUT2D eigenvalue weighted by molar-refractivity contribution is -0.141. The van der Waals surface area contributed by atoms with Gasteiger partial charge in [-0.05, 0) is 18.6 Å². The first-order chi connectivity index (χ1) is 10.5. The van der Waals surface area contributed by atoms with E-state index in [0.29, 0.717) is 23.5 Å². The Morgan fingerprint density at radius 2 is 1.82 bits per heavy atom. The van der Waals surface area contributed by atoms with E-state index >= 15 is 0 Å². The topological polar surface area (TPSA) is 84.9 Å². The van der Waals surface area contributed by atoms with E-state index in [9.17, 15) is 9.59 Å². The van der Waals surface area contributed by atoms with Gasteiger partial charge in [-0.1, -0.05) is 19.4 Å². The van der Waals surface area contributed by atoms with Gasteiger partial charge in [0.15, 0.2) is 0 Å². The molecule has 0 aliphatic carbocycles. The second kappa shape index (κ2) is 8.92. The van der Waals surface area contributed by atoms with Crippen LogP contribution in [0.3, 0.4) is 0 Å². The van der Waals surface area contributed by atoms with E-state index in [2.05, 4.69) is 5.32 Å². The SMILES string of the molecule is CCCC(CNC(=O)Cc1c(OC)cccc1OC)C(=O)O. The van der Waals surface area contributed by atoms with Gasteiger partial charge in [-0.15, -0.1) is 0 Å². The maximum absolute atomic E-state index is 12.1. The first-order valence-electron chi connectivity index (χ1n) is 7.22. The smallest absolute Gasteiger partial charge is 0.308 e. The number of nitrogens with one attached hydrogen (secondary N) is 1. The summed E-state index contributed by atoms with van der Waals surface area (Å²) in [5, 5.41) is 11.7. The second-order valence-corrected chi connectivity index (χ2v) is 4.95. The minimum absolute atomic E-state index is 0.0751. The predicted octanol–water partition coefficient (Wildman–Crippen LogP) is 1.86. The maximum Gasteiger partial charge on any atom is 0.308 e. The molecule has 0 spiro atoms. The van der Waals surface area contributed by atoms with Gasteiger partial charge in [0.1, 0.15) is 11.5 Å². The van der Waals surface area contributed by atoms with Gasteiger partial charge < -0.3 is 19.9 Å². The third kappa shape index (κ3) is 4.95. The van der Waals surface area contributed by atoms with Crippen LogP contribution in [0, 0.1) is 5.92 Å². The van der Waals surface area contributed by atoms with Gasteiger partial charge in [-0.25, -0.2) is 0 Å². The van der Waals surface area contributed by atoms with Crippen molar-refractivity contribution >= 4 is 11.9 Å². The lowest BCUT2D eigenvalue weighted by atomic mass is 10.0. The van der Waals surface area contributed by atoms with E-state index in [1.54, 1.807) is 18.2 Å². The molecule has 1 amide bonds. The molecule has 6 nitrogen and oxygen atoms in total. The highest BCUT2D eigenvalue weighted by atomic mass is 16.5. The summed E-state index contributed by atoms with van der Waals surface area (Å²) in [6.45, 7) is 2.04. The first-order valence-corrected chi connectivity index (χ1v) is 7.22. The van der Waals surface area contributed by atoms with Gasteiger partial charge in [0, 0.05) is 12.1 Å². The third-order valence-corrected chi connectivity index (χ3v) is 3.40. The summed E-state index contributed by atoms with van der Waals surface area (Å²) in [5.41, 5.74) is 0.646. The van der Waals surface area contributed by atoms with Crippen molar-refractivity contribution in [2.75, 3.05) is 20.8 Å². The maximum atomic E-state index is 12.1. The summed E-state index contributed by atoms with van der Waals surface area (Å²) < 4.78 is 10.5. The number of hydrogen-bond donors (Lipinski definition) is 2. The number of hydrogen-bond acceptors (Lipinski definition) is 4. The molecule has 22 heavy (non-hydrogen) atoms. The van der Waals surface area contributed by atoms with Crippen molar-refractivity contribution in [3.8, 4) is 11.5 Å². The van der Waals surface area contributed by atoms with Gasteiger partial charge in [0.2, 0.25) is 5.91 Å². The van der Waals surface area contributed by atoms with E-state index in [4.69, 9.17) is 14.6 Å². The summed E-state index contributed by atoms with van der Waals surface area (Å²) in [5.74, 6) is -0.577. The fourth-order valence-electron chi connectivity index (χ4n) is 2.22. The molecule has 1 rings (SSSR count). The van der Waals surface area contributed by atoms with Crippen LogP contribution < -0.4 is 14.8 Å². The molecule has 0 heterocycles. The van der Waals surface area contributed by atoms with Crippen LogP contribution in [0.1, 0.15) is 25.3 Å². The van der Waals surface area contributed by atoms with Crippen LogP contribution >= 0.6 is 0 Å². The summed E-state index contributed by atoms with van der Waals surface area (Å²) in [4.78, 5) is 23.1. The quantitative estimate of drug-likeness (QED) is 0.727. The van der Waals surface area contributed by atoms with Crippen molar-refractivity contribution in [1.82, 2.24) is 5.32 Å². The third-order valence-electron chi connectivity index (χ3n) is 3.40. The average Bonchev–Trinajstić information content (AvgIpc) is 2.51. The van der Waals surface area contributed by atoms with Gasteiger partial charge in [0.05, 0.1) is 26.6 Å². The van der Waals surface area contributed by atoms with Crippen molar-refractivity contribution in [1.29, 1.82) is 0 Å². The Morgan fingerprint density at radius 3 is 2.27 bits per heavy atom. The van der Waals surface area contributed by atoms with Crippen LogP contribution in [0.25, 0.3) is 0 Å². The largest absolute Gasteiger partial charge is 0.496 e. The van der Waals surface area contributed by atoms with E-state index in [0.717, 1.165) is 6.42 Å². The van der Waals surface area contributed by atoms with Crippen molar-refractivity contribution in [2.45, 2.75) is 26.2 Å². The Balaban J connectivity index is 2.71. The first kappa shape index (κ1) is 17.8. The highest BCUT2D eigenvalue weighted by Gasteiger charge is 2.19. The number of carboxylic acids is 1. The molecule has 1 atom stereocenters. The number of carbonyl (C=O) groups is 2. The van der Waals surface area contributed by atoms with Gasteiger partial charge in [0.25, 0.3) is 0 Å². The molecule has 0 fully saturated rings. The number of aliphatic carboxylic acids is 1. The molecule has 0 aliphatic heterocycles. The van der Waals surface area contributed by atoms with E-state index in [1.165, 1.54) is 14.2 Å². The molecule has 0 saturated carbocycles. The van der Waals surface area contributed by atoms with Crippen molar-refractivity contribution in [2.24, 2.45) is 5.92 Å². The molecule has 0 radical (unpaired) electrons. The van der Waals surface area contributed by atoms with Crippen LogP contribution in [0.2, 0.25) is 0 Å². The Labute approximate surface area is 130 Å². The average molecular weight is 309 g/mol. The minimum Gasteiger partial charge on any atom is -0.496 e. The lowest BCUT2D eigenvalue weighted by Gasteiger charge is -2.15. The molecule has 0 aromatic heterocycles. The fourth-order valence-corrected chi connectivity index (χ4v) is 2.22. The van der Waals surface area contributed by atoms with E-state index in [1.807, 2.05) is 6.92 Å². The van der Waals surface area contributed by atoms with Gasteiger partial charge in [-0.2, -0.15) is 0 Å². The minimum atomic E-state index is -0.892. The number of rotatable bonds is 9. The number of ether oxygens (including phenoxy) is 2. The number of carboxylic acid groups (broad SMARTS) is 1. The zero-order valence-electron chi connectivity index (χ0n) is 13.2. The Hall–Kier alpha value is -2.24. The molecule has 0 bridgehead atoms. The Kier molecular flexibility index (Phi) is 7.22. The molecule has 6 heteroatoms. The highest BCUT2D eigenvalue weighted by Crippen LogP contribution is 2.28. The predicted molar refractivity (Wildman–Crippen MR) is 82.3 cm³/mol. The standard InChI is InChI=1S/C16H23NO5/c1-4-6-11(16(19)20)10-17-15(18)9-12-13(21-2)7-5-8-14(12)22-3/h5,7-8,11H,4,6,9-10H2,1-3H3,(H,17,18)(H,19,20). The summed E-state index contributed by atoms with van der Waals surface area (Å²) in [6.07, 6.45) is 1.37. The molecule has 1 aromatic rings. The zero-order chi connectivity index (χ0) is 16.5. The van der Waals surface area contributed by atoms with Gasteiger partial charge >= 0.3 is 5.97 Å². The normalized spacial score (nSPS) is 11.6. The molecule has 0 saturated heterocycles.